The van der Waals surface area contributed by atoms with Crippen molar-refractivity contribution in [2.75, 3.05) is 6.16 Å². The average Bonchev–Trinajstić information content (AvgIpc) is 2.59. The zero-order valence-electron chi connectivity index (χ0n) is 12.4. The lowest BCUT2D eigenvalue weighted by Crippen LogP contribution is -3.00. The first-order valence-electron chi connectivity index (χ1n) is 7.15. The molecule has 3 aromatic rings. The Morgan fingerprint density at radius 2 is 1.23 bits per heavy atom. The lowest BCUT2D eigenvalue weighted by atomic mass is 10.4. The van der Waals surface area contributed by atoms with Gasteiger partial charge in [0.25, 0.3) is 0 Å². The van der Waals surface area contributed by atoms with Gasteiger partial charge in [-0.05, 0) is 31.2 Å². The Bertz CT molecular complexity index is 593. The number of halogens is 1. The highest BCUT2D eigenvalue weighted by atomic mass is 127. The molecule has 0 fully saturated rings. The van der Waals surface area contributed by atoms with Crippen molar-refractivity contribution in [2.24, 2.45) is 0 Å². The summed E-state index contributed by atoms with van der Waals surface area (Å²) >= 11 is 0. The molecule has 0 aliphatic heterocycles. The van der Waals surface area contributed by atoms with Crippen LogP contribution < -0.4 is 40.2 Å². The predicted octanol–water partition coefficient (Wildman–Crippen LogP) is -0.206. The zero-order chi connectivity index (χ0) is 14.5. The summed E-state index contributed by atoms with van der Waals surface area (Å²) in [5.41, 5.74) is 2.30. The van der Waals surface area contributed by atoms with Crippen LogP contribution in [0, 0.1) is 0 Å². The quantitative estimate of drug-likeness (QED) is 0.432. The lowest BCUT2D eigenvalue weighted by Gasteiger charge is -2.23. The summed E-state index contributed by atoms with van der Waals surface area (Å²) in [7, 11) is -1.76. The standard InChI is InChI=1S/C18H18N2P.HI/c1-2-21(16-10-4-3-5-11-16,17-12-6-8-14-19-17)18-13-7-9-15-20-18;/h3-15H,2H2,1H3;1H/q+1;/p-1. The zero-order valence-corrected chi connectivity index (χ0v) is 15.5. The fourth-order valence-corrected chi connectivity index (χ4v) is 6.40. The van der Waals surface area contributed by atoms with Crippen molar-refractivity contribution in [1.82, 2.24) is 9.97 Å². The fourth-order valence-electron chi connectivity index (χ4n) is 2.73. The third-order valence-corrected chi connectivity index (χ3v) is 7.97. The van der Waals surface area contributed by atoms with Gasteiger partial charge in [-0.2, -0.15) is 0 Å². The van der Waals surface area contributed by atoms with Crippen LogP contribution in [0.1, 0.15) is 6.92 Å². The predicted molar refractivity (Wildman–Crippen MR) is 91.3 cm³/mol. The molecule has 4 heteroatoms. The van der Waals surface area contributed by atoms with Gasteiger partial charge in [0.1, 0.15) is 5.30 Å². The molecule has 0 aliphatic rings. The van der Waals surface area contributed by atoms with E-state index >= 15 is 0 Å². The first-order chi connectivity index (χ1) is 10.4. The van der Waals surface area contributed by atoms with Crippen LogP contribution in [-0.2, 0) is 0 Å². The minimum absolute atomic E-state index is 0. The van der Waals surface area contributed by atoms with E-state index in [1.807, 2.05) is 24.5 Å². The van der Waals surface area contributed by atoms with Gasteiger partial charge in [-0.15, -0.1) is 0 Å². The molecule has 0 saturated heterocycles. The van der Waals surface area contributed by atoms with E-state index in [1.165, 1.54) is 5.30 Å². The number of aromatic nitrogens is 2. The van der Waals surface area contributed by atoms with Crippen LogP contribution in [0.4, 0.5) is 0 Å². The van der Waals surface area contributed by atoms with E-state index in [-0.39, 0.29) is 24.0 Å². The van der Waals surface area contributed by atoms with Crippen LogP contribution in [0.25, 0.3) is 0 Å². The van der Waals surface area contributed by atoms with E-state index in [1.54, 1.807) is 0 Å². The van der Waals surface area contributed by atoms with E-state index in [0.29, 0.717) is 0 Å². The van der Waals surface area contributed by atoms with E-state index < -0.39 is 7.26 Å². The Morgan fingerprint density at radius 1 is 0.727 bits per heavy atom. The second-order valence-electron chi connectivity index (χ2n) is 4.84. The van der Waals surface area contributed by atoms with Crippen molar-refractivity contribution in [3.05, 3.63) is 79.1 Å². The molecule has 2 nitrogen and oxygen atoms in total. The van der Waals surface area contributed by atoms with E-state index in [0.717, 1.165) is 17.0 Å². The van der Waals surface area contributed by atoms with Gasteiger partial charge in [0.05, 0.1) is 6.16 Å². The SMILES string of the molecule is CC[P+](c1ccccc1)(c1ccccn1)c1ccccn1.[I-]. The maximum absolute atomic E-state index is 4.68. The van der Waals surface area contributed by atoms with Gasteiger partial charge in [0.15, 0.2) is 18.1 Å². The first-order valence-corrected chi connectivity index (χ1v) is 9.12. The minimum Gasteiger partial charge on any atom is -1.00 e. The highest BCUT2D eigenvalue weighted by Gasteiger charge is 2.46. The number of nitrogens with zero attached hydrogens (tertiary/aromatic N) is 2. The van der Waals surface area contributed by atoms with Gasteiger partial charge in [-0.3, -0.25) is 0 Å². The van der Waals surface area contributed by atoms with Gasteiger partial charge in [-0.25, -0.2) is 9.97 Å². The van der Waals surface area contributed by atoms with Gasteiger partial charge in [-0.1, -0.05) is 30.3 Å². The molecular weight excluding hydrogens is 402 g/mol. The monoisotopic (exact) mass is 420 g/mol. The largest absolute Gasteiger partial charge is 1.00 e. The van der Waals surface area contributed by atoms with Crippen molar-refractivity contribution >= 4 is 23.4 Å². The summed E-state index contributed by atoms with van der Waals surface area (Å²) in [5, 5.41) is 1.34. The molecule has 0 spiro atoms. The number of hydrogen-bond acceptors (Lipinski definition) is 2. The highest BCUT2D eigenvalue weighted by Crippen LogP contribution is 2.53. The molecule has 2 heterocycles. The van der Waals surface area contributed by atoms with Crippen LogP contribution in [0.2, 0.25) is 0 Å². The number of benzene rings is 1. The third kappa shape index (κ3) is 3.06. The van der Waals surface area contributed by atoms with Crippen molar-refractivity contribution in [3.8, 4) is 0 Å². The van der Waals surface area contributed by atoms with Crippen molar-refractivity contribution < 1.29 is 24.0 Å². The minimum atomic E-state index is -1.76. The van der Waals surface area contributed by atoms with Gasteiger partial charge in [0, 0.05) is 24.5 Å². The summed E-state index contributed by atoms with van der Waals surface area (Å²) in [6.07, 6.45) is 4.78. The van der Waals surface area contributed by atoms with Gasteiger partial charge in [0.2, 0.25) is 0 Å². The molecule has 1 aromatic carbocycles. The van der Waals surface area contributed by atoms with Crippen LogP contribution in [0.5, 0.6) is 0 Å². The average molecular weight is 420 g/mol. The lowest BCUT2D eigenvalue weighted by molar-refractivity contribution is -0.00000427. The van der Waals surface area contributed by atoms with E-state index in [9.17, 15) is 0 Å². The number of pyridine rings is 2. The van der Waals surface area contributed by atoms with Crippen LogP contribution >= 0.6 is 7.26 Å². The molecule has 0 saturated carbocycles. The molecule has 22 heavy (non-hydrogen) atoms. The summed E-state index contributed by atoms with van der Waals surface area (Å²) in [4.78, 5) is 9.37. The Hall–Kier alpha value is -1.32. The van der Waals surface area contributed by atoms with E-state index in [4.69, 9.17) is 0 Å². The van der Waals surface area contributed by atoms with Crippen molar-refractivity contribution in [2.45, 2.75) is 6.92 Å². The summed E-state index contributed by atoms with van der Waals surface area (Å²) in [6.45, 7) is 2.24. The molecule has 3 rings (SSSR count). The Kier molecular flexibility index (Phi) is 6.04. The first kappa shape index (κ1) is 17.0. The number of hydrogen-bond donors (Lipinski definition) is 0. The summed E-state index contributed by atoms with van der Waals surface area (Å²) in [5.74, 6) is 0. The second kappa shape index (κ2) is 7.80. The maximum Gasteiger partial charge on any atom is 0.194 e. The molecule has 2 aromatic heterocycles. The van der Waals surface area contributed by atoms with Crippen LogP contribution in [0.15, 0.2) is 79.1 Å². The maximum atomic E-state index is 4.68. The van der Waals surface area contributed by atoms with Crippen LogP contribution in [-0.4, -0.2) is 16.1 Å². The molecule has 0 N–H and O–H groups in total. The fraction of sp³-hybridized carbons (Fsp3) is 0.111. The molecule has 0 amide bonds. The molecule has 0 aliphatic carbocycles. The Labute approximate surface area is 149 Å². The molecule has 112 valence electrons. The molecule has 0 unspecified atom stereocenters. The summed E-state index contributed by atoms with van der Waals surface area (Å²) < 4.78 is 0. The van der Waals surface area contributed by atoms with E-state index in [2.05, 4.69) is 71.5 Å². The van der Waals surface area contributed by atoms with Crippen molar-refractivity contribution in [1.29, 1.82) is 0 Å². The third-order valence-electron chi connectivity index (χ3n) is 3.75. The second-order valence-corrected chi connectivity index (χ2v) is 8.52. The van der Waals surface area contributed by atoms with Crippen molar-refractivity contribution in [3.63, 3.8) is 0 Å². The Balaban J connectivity index is 0.00000176. The molecular formula is C18H18IN2P. The smallest absolute Gasteiger partial charge is 0.194 e. The molecule has 0 atom stereocenters. The summed E-state index contributed by atoms with van der Waals surface area (Å²) in [6, 6.07) is 23.0. The molecule has 0 bridgehead atoms. The van der Waals surface area contributed by atoms with Gasteiger partial charge < -0.3 is 24.0 Å². The topological polar surface area (TPSA) is 25.8 Å². The van der Waals surface area contributed by atoms with Crippen LogP contribution in [0.3, 0.4) is 0 Å². The highest BCUT2D eigenvalue weighted by molar-refractivity contribution is 7.95. The Morgan fingerprint density at radius 3 is 1.64 bits per heavy atom. The number of rotatable bonds is 4. The van der Waals surface area contributed by atoms with Gasteiger partial charge >= 0.3 is 0 Å². The normalized spacial score (nSPS) is 10.8. The molecule has 0 radical (unpaired) electrons.